The molecule has 3 aromatic heterocycles. The molecule has 0 spiro atoms. The highest BCUT2D eigenvalue weighted by molar-refractivity contribution is 5.91. The molecule has 1 atom stereocenters. The van der Waals surface area contributed by atoms with Crippen molar-refractivity contribution in [1.29, 1.82) is 0 Å². The van der Waals surface area contributed by atoms with Gasteiger partial charge < -0.3 is 29.8 Å². The van der Waals surface area contributed by atoms with Gasteiger partial charge in [0, 0.05) is 31.2 Å². The summed E-state index contributed by atoms with van der Waals surface area (Å²) >= 11 is 0. The van der Waals surface area contributed by atoms with Gasteiger partial charge in [-0.15, -0.1) is 0 Å². The highest BCUT2D eigenvalue weighted by Crippen LogP contribution is 2.30. The number of aromatic amines is 1. The Morgan fingerprint density at radius 2 is 2.19 bits per heavy atom. The summed E-state index contributed by atoms with van der Waals surface area (Å²) < 4.78 is 11.0. The third kappa shape index (κ3) is 3.80. The normalized spacial score (nSPS) is 16.6. The van der Waals surface area contributed by atoms with Gasteiger partial charge in [-0.1, -0.05) is 6.07 Å². The Balaban J connectivity index is 1.38. The second kappa shape index (κ2) is 8.60. The summed E-state index contributed by atoms with van der Waals surface area (Å²) in [6, 6.07) is 7.90. The maximum atomic E-state index is 9.40. The number of aryl methyl sites for hydroxylation is 1. The molecule has 4 aromatic rings. The largest absolute Gasteiger partial charge is 0.495 e. The molecule has 3 N–H and O–H groups in total. The van der Waals surface area contributed by atoms with Crippen LogP contribution in [-0.4, -0.2) is 64.6 Å². The first-order valence-corrected chi connectivity index (χ1v) is 10.6. The van der Waals surface area contributed by atoms with Crippen LogP contribution in [-0.2, 0) is 11.3 Å². The first kappa shape index (κ1) is 20.5. The maximum Gasteiger partial charge on any atom is 0.182 e. The minimum absolute atomic E-state index is 0.00278. The van der Waals surface area contributed by atoms with Gasteiger partial charge in [-0.3, -0.25) is 0 Å². The molecule has 0 aliphatic carbocycles. The summed E-state index contributed by atoms with van der Waals surface area (Å²) in [5.41, 5.74) is 4.62. The number of pyridine rings is 1. The quantitative estimate of drug-likeness (QED) is 0.425. The van der Waals surface area contributed by atoms with Gasteiger partial charge in [0.25, 0.3) is 0 Å². The van der Waals surface area contributed by atoms with E-state index >= 15 is 0 Å². The van der Waals surface area contributed by atoms with Gasteiger partial charge in [-0.2, -0.15) is 0 Å². The SMILES string of the molecule is COc1ccc(CNc2cnc3ccc(N4CCO[C@@H](CO)C4)nc3n2)c2c(C)c[nH]c12. The molecule has 9 heteroatoms. The van der Waals surface area contributed by atoms with E-state index in [1.54, 1.807) is 13.3 Å². The zero-order valence-corrected chi connectivity index (χ0v) is 18.1. The van der Waals surface area contributed by atoms with E-state index in [-0.39, 0.29) is 12.7 Å². The second-order valence-corrected chi connectivity index (χ2v) is 7.89. The first-order valence-electron chi connectivity index (χ1n) is 10.6. The van der Waals surface area contributed by atoms with E-state index in [0.717, 1.165) is 40.1 Å². The molecule has 0 amide bonds. The van der Waals surface area contributed by atoms with Gasteiger partial charge in [0.1, 0.15) is 22.9 Å². The molecule has 0 saturated carbocycles. The van der Waals surface area contributed by atoms with Gasteiger partial charge in [0.05, 0.1) is 38.1 Å². The number of morpholine rings is 1. The predicted octanol–water partition coefficient (Wildman–Crippen LogP) is 2.63. The number of hydrogen-bond acceptors (Lipinski definition) is 8. The van der Waals surface area contributed by atoms with Crippen LogP contribution >= 0.6 is 0 Å². The fourth-order valence-electron chi connectivity index (χ4n) is 4.16. The first-order chi connectivity index (χ1) is 15.7. The number of rotatable bonds is 6. The summed E-state index contributed by atoms with van der Waals surface area (Å²) in [6.45, 7) is 4.56. The number of nitrogens with one attached hydrogen (secondary N) is 2. The zero-order valence-electron chi connectivity index (χ0n) is 18.1. The van der Waals surface area contributed by atoms with E-state index in [0.29, 0.717) is 31.2 Å². The number of aliphatic hydroxyl groups is 1. The fraction of sp³-hybridized carbons (Fsp3) is 0.348. The Bertz CT molecular complexity index is 1260. The van der Waals surface area contributed by atoms with Crippen LogP contribution in [0, 0.1) is 6.92 Å². The van der Waals surface area contributed by atoms with Crippen LogP contribution < -0.4 is 15.0 Å². The van der Waals surface area contributed by atoms with Crippen LogP contribution in [0.2, 0.25) is 0 Å². The zero-order chi connectivity index (χ0) is 22.1. The van der Waals surface area contributed by atoms with E-state index < -0.39 is 0 Å². The number of benzene rings is 1. The van der Waals surface area contributed by atoms with Gasteiger partial charge >= 0.3 is 0 Å². The second-order valence-electron chi connectivity index (χ2n) is 7.89. The van der Waals surface area contributed by atoms with Crippen LogP contribution in [0.15, 0.2) is 36.7 Å². The standard InChI is InChI=1S/C23H26N6O3/c1-14-9-26-22-18(31-2)5-3-15(21(14)22)10-25-19-11-24-17-4-6-20(28-23(17)27-19)29-7-8-32-16(12-29)13-30/h3-6,9,11,16,26,30H,7-8,10,12-13H2,1-2H3,(H,25,27,28)/t16-/m1/s1. The molecule has 5 rings (SSSR count). The Kier molecular flexibility index (Phi) is 5.50. The predicted molar refractivity (Wildman–Crippen MR) is 123 cm³/mol. The van der Waals surface area contributed by atoms with Crippen molar-refractivity contribution in [2.75, 3.05) is 43.6 Å². The molecular formula is C23H26N6O3. The van der Waals surface area contributed by atoms with E-state index in [1.165, 1.54) is 5.56 Å². The van der Waals surface area contributed by atoms with Crippen LogP contribution in [0.5, 0.6) is 5.75 Å². The summed E-state index contributed by atoms with van der Waals surface area (Å²) in [5.74, 6) is 2.30. The molecule has 166 valence electrons. The lowest BCUT2D eigenvalue weighted by Crippen LogP contribution is -2.44. The highest BCUT2D eigenvalue weighted by Gasteiger charge is 2.21. The molecule has 1 aliphatic rings. The van der Waals surface area contributed by atoms with Gasteiger partial charge in [-0.05, 0) is 36.2 Å². The Morgan fingerprint density at radius 3 is 3.03 bits per heavy atom. The number of fused-ring (bicyclic) bond motifs is 2. The molecule has 0 bridgehead atoms. The highest BCUT2D eigenvalue weighted by atomic mass is 16.5. The number of anilines is 2. The fourth-order valence-corrected chi connectivity index (χ4v) is 4.16. The molecule has 9 nitrogen and oxygen atoms in total. The number of nitrogens with zero attached hydrogens (tertiary/aromatic N) is 4. The molecule has 32 heavy (non-hydrogen) atoms. The van der Waals surface area contributed by atoms with Gasteiger partial charge in [-0.25, -0.2) is 15.0 Å². The van der Waals surface area contributed by atoms with Gasteiger partial charge in [0.15, 0.2) is 5.65 Å². The molecule has 0 radical (unpaired) electrons. The van der Waals surface area contributed by atoms with Crippen molar-refractivity contribution in [2.45, 2.75) is 19.6 Å². The molecule has 1 fully saturated rings. The monoisotopic (exact) mass is 434 g/mol. The van der Waals surface area contributed by atoms with Crippen LogP contribution in [0.3, 0.4) is 0 Å². The van der Waals surface area contributed by atoms with Crippen molar-refractivity contribution >= 4 is 33.7 Å². The maximum absolute atomic E-state index is 9.40. The number of aliphatic hydroxyl groups excluding tert-OH is 1. The van der Waals surface area contributed by atoms with E-state index in [4.69, 9.17) is 14.5 Å². The van der Waals surface area contributed by atoms with Crippen molar-refractivity contribution in [3.63, 3.8) is 0 Å². The lowest BCUT2D eigenvalue weighted by atomic mass is 10.1. The third-order valence-corrected chi connectivity index (χ3v) is 5.82. The lowest BCUT2D eigenvalue weighted by molar-refractivity contribution is 0.00337. The molecule has 1 saturated heterocycles. The van der Waals surface area contributed by atoms with Gasteiger partial charge in [0.2, 0.25) is 0 Å². The number of methoxy groups -OCH3 is 1. The van der Waals surface area contributed by atoms with Crippen molar-refractivity contribution in [3.8, 4) is 5.75 Å². The molecule has 0 unspecified atom stereocenters. The number of H-pyrrole nitrogens is 1. The van der Waals surface area contributed by atoms with Crippen molar-refractivity contribution in [2.24, 2.45) is 0 Å². The van der Waals surface area contributed by atoms with E-state index in [2.05, 4.69) is 38.2 Å². The van der Waals surface area contributed by atoms with Crippen molar-refractivity contribution < 1.29 is 14.6 Å². The minimum Gasteiger partial charge on any atom is -0.495 e. The number of ether oxygens (including phenoxy) is 2. The van der Waals surface area contributed by atoms with E-state index in [9.17, 15) is 5.11 Å². The van der Waals surface area contributed by atoms with Crippen molar-refractivity contribution in [3.05, 3.63) is 47.8 Å². The summed E-state index contributed by atoms with van der Waals surface area (Å²) in [7, 11) is 1.68. The Morgan fingerprint density at radius 1 is 1.28 bits per heavy atom. The van der Waals surface area contributed by atoms with Crippen molar-refractivity contribution in [1.82, 2.24) is 19.9 Å². The molecule has 1 aliphatic heterocycles. The Labute approximate surface area is 185 Å². The molecular weight excluding hydrogens is 408 g/mol. The number of hydrogen-bond donors (Lipinski definition) is 3. The van der Waals surface area contributed by atoms with Crippen LogP contribution in [0.4, 0.5) is 11.6 Å². The topological polar surface area (TPSA) is 108 Å². The average molecular weight is 435 g/mol. The van der Waals surface area contributed by atoms with Crippen LogP contribution in [0.25, 0.3) is 22.1 Å². The lowest BCUT2D eigenvalue weighted by Gasteiger charge is -2.32. The number of aromatic nitrogens is 4. The minimum atomic E-state index is -0.196. The summed E-state index contributed by atoms with van der Waals surface area (Å²) in [6.07, 6.45) is 3.52. The Hall–Kier alpha value is -3.43. The molecule has 1 aromatic carbocycles. The third-order valence-electron chi connectivity index (χ3n) is 5.82. The summed E-state index contributed by atoms with van der Waals surface area (Å²) in [5, 5.41) is 13.9. The molecule has 4 heterocycles. The average Bonchev–Trinajstić information content (AvgIpc) is 3.24. The van der Waals surface area contributed by atoms with Crippen LogP contribution in [0.1, 0.15) is 11.1 Å². The summed E-state index contributed by atoms with van der Waals surface area (Å²) in [4.78, 5) is 19.3. The van der Waals surface area contributed by atoms with E-state index in [1.807, 2.05) is 24.4 Å². The smallest absolute Gasteiger partial charge is 0.182 e.